The largest absolute Gasteiger partial charge is 0.417 e. The summed E-state index contributed by atoms with van der Waals surface area (Å²) < 4.78 is 64.3. The molecule has 0 N–H and O–H groups in total. The fraction of sp³-hybridized carbons (Fsp3) is 0.421. The summed E-state index contributed by atoms with van der Waals surface area (Å²) in [6.07, 6.45) is -4.45. The summed E-state index contributed by atoms with van der Waals surface area (Å²) >= 11 is 1.97. The van der Waals surface area contributed by atoms with Crippen molar-refractivity contribution in [2.45, 2.75) is 35.8 Å². The minimum absolute atomic E-state index is 0.00521. The topological polar surface area (TPSA) is 91.1 Å². The van der Waals surface area contributed by atoms with Crippen molar-refractivity contribution in [2.75, 3.05) is 18.6 Å². The summed E-state index contributed by atoms with van der Waals surface area (Å²) in [7, 11) is -1.72. The fourth-order valence-electron chi connectivity index (χ4n) is 3.25. The molecule has 1 aliphatic heterocycles. The summed E-state index contributed by atoms with van der Waals surface area (Å²) in [5.74, 6) is -0.581. The maximum atomic E-state index is 13.6. The summed E-state index contributed by atoms with van der Waals surface area (Å²) in [6, 6.07) is 5.24. The maximum absolute atomic E-state index is 13.6. The van der Waals surface area contributed by atoms with Gasteiger partial charge in [0.05, 0.1) is 38.5 Å². The predicted octanol–water partition coefficient (Wildman–Crippen LogP) is 3.83. The van der Waals surface area contributed by atoms with Crippen LogP contribution >= 0.6 is 23.1 Å². The third-order valence-electron chi connectivity index (χ3n) is 4.92. The lowest BCUT2D eigenvalue weighted by Crippen LogP contribution is -2.41. The summed E-state index contributed by atoms with van der Waals surface area (Å²) in [6.45, 7) is 1.50. The number of halogens is 3. The Morgan fingerprint density at radius 2 is 2.16 bits per heavy atom. The molecule has 2 atom stereocenters. The van der Waals surface area contributed by atoms with Gasteiger partial charge in [0.25, 0.3) is 0 Å². The molecule has 1 aliphatic rings. The van der Waals surface area contributed by atoms with E-state index in [-0.39, 0.29) is 22.2 Å². The molecule has 0 saturated carbocycles. The molecule has 3 heterocycles. The number of nitrogens with zero attached hydrogens (tertiary/aromatic N) is 3. The average Bonchev–Trinajstić information content (AvgIpc) is 3.35. The van der Waals surface area contributed by atoms with Crippen molar-refractivity contribution < 1.29 is 26.4 Å². The smallest absolute Gasteiger partial charge is 0.341 e. The molecule has 1 amide bonds. The van der Waals surface area contributed by atoms with E-state index in [1.165, 1.54) is 30.2 Å². The molecular weight excluding hydrogens is 471 g/mol. The third kappa shape index (κ3) is 5.22. The Morgan fingerprint density at radius 3 is 2.68 bits per heavy atom. The molecule has 0 aromatic carbocycles. The lowest BCUT2D eigenvalue weighted by atomic mass is 10.1. The minimum atomic E-state index is -4.77. The highest BCUT2D eigenvalue weighted by Gasteiger charge is 2.38. The van der Waals surface area contributed by atoms with Gasteiger partial charge in [-0.25, -0.2) is 13.4 Å². The van der Waals surface area contributed by atoms with Gasteiger partial charge in [-0.2, -0.15) is 18.4 Å². The number of sulfone groups is 1. The highest BCUT2D eigenvalue weighted by molar-refractivity contribution is 8.00. The number of aromatic nitrogens is 1. The van der Waals surface area contributed by atoms with Crippen molar-refractivity contribution in [1.29, 1.82) is 5.26 Å². The minimum Gasteiger partial charge on any atom is -0.341 e. The molecule has 0 aliphatic carbocycles. The van der Waals surface area contributed by atoms with Crippen molar-refractivity contribution in [1.82, 2.24) is 9.88 Å². The van der Waals surface area contributed by atoms with Gasteiger partial charge >= 0.3 is 6.18 Å². The normalized spacial score (nSPS) is 19.0. The molecule has 1 saturated heterocycles. The van der Waals surface area contributed by atoms with Gasteiger partial charge in [0, 0.05) is 13.1 Å². The zero-order valence-electron chi connectivity index (χ0n) is 16.5. The van der Waals surface area contributed by atoms with E-state index in [1.807, 2.05) is 0 Å². The van der Waals surface area contributed by atoms with Crippen LogP contribution in [0.2, 0.25) is 0 Å². The summed E-state index contributed by atoms with van der Waals surface area (Å²) in [4.78, 5) is 18.9. The monoisotopic (exact) mass is 489 g/mol. The van der Waals surface area contributed by atoms with E-state index in [4.69, 9.17) is 0 Å². The standard InChI is InChI=1S/C19H18F3N3O3S3/c1-11(18(26)25(2)12-5-7-31(27,28)10-12)30-17-13(9-23)14(19(20,21)22)8-15(24-17)16-4-3-6-29-16/h3-4,6,8,11-12H,5,7,10H2,1-2H3/t11-,12+/m1/s1. The van der Waals surface area contributed by atoms with Crippen LogP contribution in [0.4, 0.5) is 13.2 Å². The predicted molar refractivity (Wildman–Crippen MR) is 112 cm³/mol. The van der Waals surface area contributed by atoms with Crippen LogP contribution < -0.4 is 0 Å². The van der Waals surface area contributed by atoms with Crippen LogP contribution in [0.5, 0.6) is 0 Å². The van der Waals surface area contributed by atoms with Gasteiger partial charge in [-0.3, -0.25) is 4.79 Å². The molecule has 6 nitrogen and oxygen atoms in total. The van der Waals surface area contributed by atoms with E-state index >= 15 is 0 Å². The van der Waals surface area contributed by atoms with Crippen molar-refractivity contribution >= 4 is 38.8 Å². The number of carbonyl (C=O) groups is 1. The van der Waals surface area contributed by atoms with Gasteiger partial charge in [0.15, 0.2) is 9.84 Å². The fourth-order valence-corrected chi connectivity index (χ4v) is 6.74. The number of thiophene rings is 1. The van der Waals surface area contributed by atoms with Crippen LogP contribution in [-0.2, 0) is 20.8 Å². The molecule has 2 aromatic rings. The van der Waals surface area contributed by atoms with Crippen molar-refractivity contribution in [2.24, 2.45) is 0 Å². The molecule has 166 valence electrons. The SMILES string of the molecule is C[C@@H](Sc1nc(-c2cccs2)cc(C(F)(F)F)c1C#N)C(=O)N(C)[C@H]1CCS(=O)(=O)C1. The molecule has 0 spiro atoms. The van der Waals surface area contributed by atoms with Crippen molar-refractivity contribution in [3.8, 4) is 16.6 Å². The van der Waals surface area contributed by atoms with Gasteiger partial charge in [0.1, 0.15) is 11.1 Å². The van der Waals surface area contributed by atoms with E-state index in [2.05, 4.69) is 4.98 Å². The van der Waals surface area contributed by atoms with E-state index in [0.29, 0.717) is 11.3 Å². The molecule has 3 rings (SSSR count). The van der Waals surface area contributed by atoms with Crippen molar-refractivity contribution in [3.63, 3.8) is 0 Å². The Morgan fingerprint density at radius 1 is 1.45 bits per heavy atom. The van der Waals surface area contributed by atoms with Gasteiger partial charge < -0.3 is 4.90 Å². The molecule has 1 fully saturated rings. The first-order chi connectivity index (χ1) is 14.4. The van der Waals surface area contributed by atoms with E-state index in [9.17, 15) is 31.6 Å². The van der Waals surface area contributed by atoms with Gasteiger partial charge in [0.2, 0.25) is 5.91 Å². The first kappa shape index (κ1) is 23.6. The average molecular weight is 490 g/mol. The molecular formula is C19H18F3N3O3S3. The molecule has 2 aromatic heterocycles. The first-order valence-electron chi connectivity index (χ1n) is 9.13. The van der Waals surface area contributed by atoms with Crippen LogP contribution in [0.3, 0.4) is 0 Å². The van der Waals surface area contributed by atoms with Crippen LogP contribution in [-0.4, -0.2) is 54.1 Å². The van der Waals surface area contributed by atoms with E-state index in [1.54, 1.807) is 23.6 Å². The zero-order chi connectivity index (χ0) is 23.0. The number of thioether (sulfide) groups is 1. The Labute approximate surface area is 186 Å². The number of rotatable bonds is 5. The van der Waals surface area contributed by atoms with Gasteiger partial charge in [-0.05, 0) is 30.9 Å². The lowest BCUT2D eigenvalue weighted by molar-refractivity contribution is -0.138. The van der Waals surface area contributed by atoms with Crippen LogP contribution in [0.25, 0.3) is 10.6 Å². The van der Waals surface area contributed by atoms with Gasteiger partial charge in [-0.1, -0.05) is 17.8 Å². The Hall–Kier alpha value is -2.10. The van der Waals surface area contributed by atoms with Crippen LogP contribution in [0.15, 0.2) is 28.6 Å². The summed E-state index contributed by atoms with van der Waals surface area (Å²) in [5, 5.41) is 10.1. The molecule has 0 radical (unpaired) electrons. The second-order valence-electron chi connectivity index (χ2n) is 7.09. The molecule has 0 unspecified atom stereocenters. The number of carbonyl (C=O) groups excluding carboxylic acids is 1. The Bertz CT molecular complexity index is 1130. The molecule has 12 heteroatoms. The number of hydrogen-bond donors (Lipinski definition) is 0. The zero-order valence-corrected chi connectivity index (χ0v) is 19.0. The highest BCUT2D eigenvalue weighted by Crippen LogP contribution is 2.39. The first-order valence-corrected chi connectivity index (χ1v) is 12.7. The van der Waals surface area contributed by atoms with E-state index in [0.717, 1.165) is 17.8 Å². The number of pyridine rings is 1. The van der Waals surface area contributed by atoms with Crippen molar-refractivity contribution in [3.05, 3.63) is 34.7 Å². The second kappa shape index (κ2) is 8.80. The number of amides is 1. The third-order valence-corrected chi connectivity index (χ3v) is 8.63. The Kier molecular flexibility index (Phi) is 6.69. The molecule has 0 bridgehead atoms. The van der Waals surface area contributed by atoms with Gasteiger partial charge in [-0.15, -0.1) is 11.3 Å². The second-order valence-corrected chi connectivity index (χ2v) is 11.6. The van der Waals surface area contributed by atoms with E-state index < -0.39 is 44.3 Å². The Balaban J connectivity index is 1.93. The quantitative estimate of drug-likeness (QED) is 0.593. The molecule has 31 heavy (non-hydrogen) atoms. The summed E-state index contributed by atoms with van der Waals surface area (Å²) in [5.41, 5.74) is -1.67. The van der Waals surface area contributed by atoms with Crippen LogP contribution in [0, 0.1) is 11.3 Å². The number of hydrogen-bond acceptors (Lipinski definition) is 7. The lowest BCUT2D eigenvalue weighted by Gasteiger charge is -2.26. The number of alkyl halides is 3. The number of nitriles is 1. The maximum Gasteiger partial charge on any atom is 0.417 e. The van der Waals surface area contributed by atoms with Crippen LogP contribution in [0.1, 0.15) is 24.5 Å². The highest BCUT2D eigenvalue weighted by atomic mass is 32.2.